The quantitative estimate of drug-likeness (QED) is 0.682. The smallest absolute Gasteiger partial charge is 0.285 e. The Hall–Kier alpha value is -2.42. The Bertz CT molecular complexity index is 946. The number of hydrogen-bond acceptors (Lipinski definition) is 5. The fraction of sp³-hybridized carbons (Fsp3) is 0.571. The number of carbonyl (C=O) groups excluding carboxylic acids is 2. The molecule has 30 heavy (non-hydrogen) atoms. The summed E-state index contributed by atoms with van der Waals surface area (Å²) in [5.41, 5.74) is 0.637. The molecule has 2 fully saturated rings. The van der Waals surface area contributed by atoms with Gasteiger partial charge in [-0.3, -0.25) is 9.59 Å². The van der Waals surface area contributed by atoms with Crippen molar-refractivity contribution in [1.82, 2.24) is 15.5 Å². The first kappa shape index (κ1) is 20.8. The maximum absolute atomic E-state index is 12.5. The van der Waals surface area contributed by atoms with Crippen LogP contribution in [0.3, 0.4) is 0 Å². The first-order valence-corrected chi connectivity index (χ1v) is 12.1. The van der Waals surface area contributed by atoms with E-state index in [0.717, 1.165) is 25.7 Å². The van der Waals surface area contributed by atoms with Crippen molar-refractivity contribution in [2.45, 2.75) is 43.4 Å². The van der Waals surface area contributed by atoms with E-state index in [-0.39, 0.29) is 28.5 Å². The first-order chi connectivity index (χ1) is 14.5. The molecule has 1 saturated carbocycles. The van der Waals surface area contributed by atoms with E-state index < -0.39 is 10.0 Å². The SMILES string of the molecule is O=C(NCCNC(=O)C1CCN(C2=NS(=O)(=O)c3ccccc32)CC1)C1CCCC1. The van der Waals surface area contributed by atoms with Gasteiger partial charge in [0.1, 0.15) is 4.90 Å². The van der Waals surface area contributed by atoms with Gasteiger partial charge >= 0.3 is 0 Å². The molecule has 162 valence electrons. The Labute approximate surface area is 177 Å². The molecular formula is C21H28N4O4S. The van der Waals surface area contributed by atoms with Crippen LogP contribution in [0.15, 0.2) is 33.6 Å². The van der Waals surface area contributed by atoms with E-state index in [1.165, 1.54) is 0 Å². The van der Waals surface area contributed by atoms with Gasteiger partial charge in [-0.15, -0.1) is 4.40 Å². The maximum Gasteiger partial charge on any atom is 0.285 e. The molecule has 0 aromatic heterocycles. The lowest BCUT2D eigenvalue weighted by Gasteiger charge is -2.32. The molecule has 0 radical (unpaired) electrons. The van der Waals surface area contributed by atoms with Crippen LogP contribution in [0.1, 0.15) is 44.1 Å². The number of sulfonamides is 1. The Morgan fingerprint density at radius 3 is 2.13 bits per heavy atom. The van der Waals surface area contributed by atoms with Gasteiger partial charge in [0.05, 0.1) is 0 Å². The molecule has 8 nitrogen and oxygen atoms in total. The topological polar surface area (TPSA) is 108 Å². The highest BCUT2D eigenvalue weighted by Gasteiger charge is 2.34. The zero-order valence-electron chi connectivity index (χ0n) is 17.0. The van der Waals surface area contributed by atoms with Crippen molar-refractivity contribution in [2.75, 3.05) is 26.2 Å². The summed E-state index contributed by atoms with van der Waals surface area (Å²) in [5, 5.41) is 5.82. The predicted octanol–water partition coefficient (Wildman–Crippen LogP) is 1.27. The van der Waals surface area contributed by atoms with Gasteiger partial charge in [0.25, 0.3) is 10.0 Å². The van der Waals surface area contributed by atoms with E-state index in [4.69, 9.17) is 0 Å². The van der Waals surface area contributed by atoms with E-state index >= 15 is 0 Å². The van der Waals surface area contributed by atoms with E-state index in [0.29, 0.717) is 50.4 Å². The number of amides is 2. The van der Waals surface area contributed by atoms with Crippen LogP contribution >= 0.6 is 0 Å². The van der Waals surface area contributed by atoms with Crippen molar-refractivity contribution in [1.29, 1.82) is 0 Å². The maximum atomic E-state index is 12.5. The van der Waals surface area contributed by atoms with Crippen molar-refractivity contribution < 1.29 is 18.0 Å². The largest absolute Gasteiger partial charge is 0.355 e. The van der Waals surface area contributed by atoms with Crippen LogP contribution in [0, 0.1) is 11.8 Å². The Morgan fingerprint density at radius 2 is 1.50 bits per heavy atom. The number of rotatable bonds is 5. The molecular weight excluding hydrogens is 404 g/mol. The highest BCUT2D eigenvalue weighted by atomic mass is 32.2. The number of piperidine rings is 1. The van der Waals surface area contributed by atoms with Crippen molar-refractivity contribution in [2.24, 2.45) is 16.2 Å². The number of amidine groups is 1. The summed E-state index contributed by atoms with van der Waals surface area (Å²) >= 11 is 0. The molecule has 1 aromatic rings. The molecule has 0 bridgehead atoms. The highest BCUT2D eigenvalue weighted by Crippen LogP contribution is 2.29. The van der Waals surface area contributed by atoms with Gasteiger partial charge in [-0.2, -0.15) is 8.42 Å². The highest BCUT2D eigenvalue weighted by molar-refractivity contribution is 7.90. The predicted molar refractivity (Wildman–Crippen MR) is 112 cm³/mol. The molecule has 1 aliphatic carbocycles. The minimum Gasteiger partial charge on any atom is -0.355 e. The molecule has 4 rings (SSSR count). The monoisotopic (exact) mass is 432 g/mol. The van der Waals surface area contributed by atoms with Gasteiger partial charge < -0.3 is 15.5 Å². The minimum absolute atomic E-state index is 0.00820. The molecule has 1 saturated heterocycles. The van der Waals surface area contributed by atoms with Crippen LogP contribution in [0.5, 0.6) is 0 Å². The number of likely N-dealkylation sites (tertiary alicyclic amines) is 1. The van der Waals surface area contributed by atoms with Crippen molar-refractivity contribution in [3.63, 3.8) is 0 Å². The first-order valence-electron chi connectivity index (χ1n) is 10.7. The second-order valence-corrected chi connectivity index (χ2v) is 9.78. The van der Waals surface area contributed by atoms with E-state index in [2.05, 4.69) is 15.0 Å². The third-order valence-electron chi connectivity index (χ3n) is 6.23. The standard InChI is InChI=1S/C21H28N4O4S/c26-20(15-5-1-2-6-15)22-11-12-23-21(27)16-9-13-25(14-10-16)19-17-7-3-4-8-18(17)30(28,29)24-19/h3-4,7-8,15-16H,1-2,5-6,9-14H2,(H,22,26)(H,23,27). The summed E-state index contributed by atoms with van der Waals surface area (Å²) in [5.74, 6) is 0.603. The fourth-order valence-electron chi connectivity index (χ4n) is 4.52. The zero-order chi connectivity index (χ0) is 21.1. The number of carbonyl (C=O) groups is 2. The number of nitrogens with one attached hydrogen (secondary N) is 2. The number of fused-ring (bicyclic) bond motifs is 1. The average Bonchev–Trinajstić information content (AvgIpc) is 3.38. The summed E-state index contributed by atoms with van der Waals surface area (Å²) < 4.78 is 28.5. The third-order valence-corrected chi connectivity index (χ3v) is 7.55. The van der Waals surface area contributed by atoms with Crippen LogP contribution in [0.4, 0.5) is 0 Å². The van der Waals surface area contributed by atoms with Crippen LogP contribution in [0.25, 0.3) is 0 Å². The van der Waals surface area contributed by atoms with Gasteiger partial charge in [0.15, 0.2) is 5.84 Å². The van der Waals surface area contributed by atoms with Crippen LogP contribution < -0.4 is 10.6 Å². The summed E-state index contributed by atoms with van der Waals surface area (Å²) in [4.78, 5) is 26.7. The lowest BCUT2D eigenvalue weighted by Crippen LogP contribution is -2.44. The van der Waals surface area contributed by atoms with E-state index in [1.54, 1.807) is 24.3 Å². The van der Waals surface area contributed by atoms with Crippen molar-refractivity contribution >= 4 is 27.7 Å². The Balaban J connectivity index is 1.23. The molecule has 9 heteroatoms. The fourth-order valence-corrected chi connectivity index (χ4v) is 5.75. The molecule has 2 aliphatic heterocycles. The molecule has 2 N–H and O–H groups in total. The normalized spacial score (nSPS) is 21.2. The van der Waals surface area contributed by atoms with Gasteiger partial charge in [-0.05, 0) is 37.8 Å². The lowest BCUT2D eigenvalue weighted by atomic mass is 9.95. The summed E-state index contributed by atoms with van der Waals surface area (Å²) in [6, 6.07) is 6.85. The molecule has 0 unspecified atom stereocenters. The average molecular weight is 433 g/mol. The van der Waals surface area contributed by atoms with Gasteiger partial charge in [0, 0.05) is 43.6 Å². The van der Waals surface area contributed by atoms with Gasteiger partial charge in [-0.25, -0.2) is 0 Å². The second-order valence-electron chi connectivity index (χ2n) is 8.21. The molecule has 3 aliphatic rings. The Morgan fingerprint density at radius 1 is 0.933 bits per heavy atom. The van der Waals surface area contributed by atoms with E-state index in [1.807, 2.05) is 4.90 Å². The molecule has 0 atom stereocenters. The van der Waals surface area contributed by atoms with Gasteiger partial charge in [-0.1, -0.05) is 25.0 Å². The van der Waals surface area contributed by atoms with Crippen LogP contribution in [0.2, 0.25) is 0 Å². The number of hydrogen-bond donors (Lipinski definition) is 2. The van der Waals surface area contributed by atoms with Gasteiger partial charge in [0.2, 0.25) is 11.8 Å². The minimum atomic E-state index is -3.63. The summed E-state index contributed by atoms with van der Waals surface area (Å²) in [6.07, 6.45) is 5.46. The Kier molecular flexibility index (Phi) is 6.08. The molecule has 0 spiro atoms. The van der Waals surface area contributed by atoms with Crippen LogP contribution in [-0.4, -0.2) is 57.1 Å². The summed E-state index contributed by atoms with van der Waals surface area (Å²) in [7, 11) is -3.63. The number of nitrogens with zero attached hydrogens (tertiary/aromatic N) is 2. The summed E-state index contributed by atoms with van der Waals surface area (Å²) in [6.45, 7) is 2.04. The lowest BCUT2D eigenvalue weighted by molar-refractivity contribution is -0.127. The van der Waals surface area contributed by atoms with E-state index in [9.17, 15) is 18.0 Å². The third kappa shape index (κ3) is 4.35. The molecule has 2 heterocycles. The molecule has 1 aromatic carbocycles. The second kappa shape index (κ2) is 8.75. The van der Waals surface area contributed by atoms with Crippen LogP contribution in [-0.2, 0) is 19.6 Å². The number of benzene rings is 1. The van der Waals surface area contributed by atoms with Crippen molar-refractivity contribution in [3.8, 4) is 0 Å². The van der Waals surface area contributed by atoms with Crippen molar-refractivity contribution in [3.05, 3.63) is 29.8 Å². The molecule has 2 amide bonds. The zero-order valence-corrected chi connectivity index (χ0v) is 17.8.